The standard InChI is InChI=1S/C30H34N2O2/c1-34-29-16-14-26(15-17-29)23-30(33)32(20-8-13-25-9-4-2-5-10-25)28-18-21-31(22-19-28)24-27-11-6-3-7-12-27/h2-17,28H,18-24H2,1H3/b13-8+. The van der Waals surface area contributed by atoms with Crippen LogP contribution in [0.4, 0.5) is 0 Å². The Bertz CT molecular complexity index is 1040. The Labute approximate surface area is 203 Å². The van der Waals surface area contributed by atoms with E-state index < -0.39 is 0 Å². The first-order valence-corrected chi connectivity index (χ1v) is 12.1. The average molecular weight is 455 g/mol. The topological polar surface area (TPSA) is 32.8 Å². The molecule has 0 aliphatic carbocycles. The van der Waals surface area contributed by atoms with Crippen molar-refractivity contribution in [2.45, 2.75) is 31.8 Å². The molecule has 4 nitrogen and oxygen atoms in total. The number of carbonyl (C=O) groups excluding carboxylic acids is 1. The van der Waals surface area contributed by atoms with Crippen LogP contribution in [0.5, 0.6) is 5.75 Å². The summed E-state index contributed by atoms with van der Waals surface area (Å²) in [6.45, 7) is 3.62. The Morgan fingerprint density at radius 3 is 2.21 bits per heavy atom. The van der Waals surface area contributed by atoms with Crippen LogP contribution >= 0.6 is 0 Å². The monoisotopic (exact) mass is 454 g/mol. The molecule has 3 aromatic rings. The highest BCUT2D eigenvalue weighted by Crippen LogP contribution is 2.21. The summed E-state index contributed by atoms with van der Waals surface area (Å²) in [6, 6.07) is 29.0. The van der Waals surface area contributed by atoms with Crippen molar-refractivity contribution >= 4 is 12.0 Å². The summed E-state index contributed by atoms with van der Waals surface area (Å²) in [5.74, 6) is 0.994. The Kier molecular flexibility index (Phi) is 8.53. The first kappa shape index (κ1) is 23.8. The van der Waals surface area contributed by atoms with Crippen LogP contribution in [-0.2, 0) is 17.8 Å². The van der Waals surface area contributed by atoms with Crippen LogP contribution in [0.15, 0.2) is 91.0 Å². The molecule has 1 heterocycles. The van der Waals surface area contributed by atoms with Crippen molar-refractivity contribution in [3.05, 3.63) is 108 Å². The van der Waals surface area contributed by atoms with E-state index in [1.54, 1.807) is 7.11 Å². The summed E-state index contributed by atoms with van der Waals surface area (Å²) in [5.41, 5.74) is 3.52. The number of carbonyl (C=O) groups is 1. The van der Waals surface area contributed by atoms with Gasteiger partial charge in [0.25, 0.3) is 0 Å². The average Bonchev–Trinajstić information content (AvgIpc) is 2.89. The second-order valence-electron chi connectivity index (χ2n) is 8.88. The highest BCUT2D eigenvalue weighted by molar-refractivity contribution is 5.79. The Balaban J connectivity index is 1.41. The van der Waals surface area contributed by atoms with Crippen molar-refractivity contribution in [3.63, 3.8) is 0 Å². The maximum atomic E-state index is 13.4. The molecule has 1 fully saturated rings. The summed E-state index contributed by atoms with van der Waals surface area (Å²) in [4.78, 5) is 18.0. The third-order valence-corrected chi connectivity index (χ3v) is 6.49. The van der Waals surface area contributed by atoms with E-state index in [4.69, 9.17) is 4.74 Å². The summed E-state index contributed by atoms with van der Waals surface area (Å²) in [5, 5.41) is 0. The van der Waals surface area contributed by atoms with Gasteiger partial charge in [-0.1, -0.05) is 84.9 Å². The molecule has 0 spiro atoms. The van der Waals surface area contributed by atoms with Crippen LogP contribution in [0.2, 0.25) is 0 Å². The molecule has 34 heavy (non-hydrogen) atoms. The van der Waals surface area contributed by atoms with Gasteiger partial charge in [-0.05, 0) is 41.7 Å². The van der Waals surface area contributed by atoms with Gasteiger partial charge >= 0.3 is 0 Å². The molecule has 1 saturated heterocycles. The van der Waals surface area contributed by atoms with E-state index in [0.29, 0.717) is 13.0 Å². The summed E-state index contributed by atoms with van der Waals surface area (Å²) in [6.07, 6.45) is 6.64. The molecular weight excluding hydrogens is 420 g/mol. The molecular formula is C30H34N2O2. The van der Waals surface area contributed by atoms with Gasteiger partial charge in [0.05, 0.1) is 13.5 Å². The van der Waals surface area contributed by atoms with Gasteiger partial charge in [-0.2, -0.15) is 0 Å². The number of nitrogens with zero attached hydrogens (tertiary/aromatic N) is 2. The lowest BCUT2D eigenvalue weighted by molar-refractivity contribution is -0.133. The molecule has 0 saturated carbocycles. The van der Waals surface area contributed by atoms with Gasteiger partial charge in [-0.25, -0.2) is 0 Å². The van der Waals surface area contributed by atoms with Crippen molar-refractivity contribution < 1.29 is 9.53 Å². The second-order valence-corrected chi connectivity index (χ2v) is 8.88. The largest absolute Gasteiger partial charge is 0.497 e. The highest BCUT2D eigenvalue weighted by atomic mass is 16.5. The zero-order chi connectivity index (χ0) is 23.6. The van der Waals surface area contributed by atoms with Crippen molar-refractivity contribution in [2.75, 3.05) is 26.7 Å². The summed E-state index contributed by atoms with van der Waals surface area (Å²) < 4.78 is 5.26. The third kappa shape index (κ3) is 6.82. The van der Waals surface area contributed by atoms with Gasteiger partial charge in [0, 0.05) is 32.2 Å². The lowest BCUT2D eigenvalue weighted by atomic mass is 10.0. The smallest absolute Gasteiger partial charge is 0.227 e. The fraction of sp³-hybridized carbons (Fsp3) is 0.300. The number of benzene rings is 3. The zero-order valence-electron chi connectivity index (χ0n) is 20.0. The molecule has 0 bridgehead atoms. The third-order valence-electron chi connectivity index (χ3n) is 6.49. The van der Waals surface area contributed by atoms with Crippen LogP contribution in [0.25, 0.3) is 6.08 Å². The maximum Gasteiger partial charge on any atom is 0.227 e. The normalized spacial score (nSPS) is 14.9. The van der Waals surface area contributed by atoms with Gasteiger partial charge in [0.15, 0.2) is 0 Å². The predicted octanol–water partition coefficient (Wildman–Crippen LogP) is 5.44. The zero-order valence-corrected chi connectivity index (χ0v) is 20.0. The molecule has 0 N–H and O–H groups in total. The molecule has 3 aromatic carbocycles. The minimum atomic E-state index is 0.185. The van der Waals surface area contributed by atoms with Crippen LogP contribution in [0, 0.1) is 0 Å². The van der Waals surface area contributed by atoms with E-state index >= 15 is 0 Å². The first-order valence-electron chi connectivity index (χ1n) is 12.1. The van der Waals surface area contributed by atoms with E-state index in [0.717, 1.165) is 49.4 Å². The van der Waals surface area contributed by atoms with Gasteiger partial charge < -0.3 is 9.64 Å². The number of piperidine rings is 1. The lowest BCUT2D eigenvalue weighted by Gasteiger charge is -2.38. The van der Waals surface area contributed by atoms with Gasteiger partial charge in [-0.15, -0.1) is 0 Å². The van der Waals surface area contributed by atoms with Crippen molar-refractivity contribution in [2.24, 2.45) is 0 Å². The number of amides is 1. The Hall–Kier alpha value is -3.37. The minimum absolute atomic E-state index is 0.185. The second kappa shape index (κ2) is 12.2. The SMILES string of the molecule is COc1ccc(CC(=O)N(C/C=C/c2ccccc2)C2CCN(Cc3ccccc3)CC2)cc1. The molecule has 1 aliphatic rings. The van der Waals surface area contributed by atoms with Gasteiger partial charge in [-0.3, -0.25) is 9.69 Å². The summed E-state index contributed by atoms with van der Waals surface area (Å²) in [7, 11) is 1.66. The van der Waals surface area contributed by atoms with E-state index in [2.05, 4.69) is 64.4 Å². The van der Waals surface area contributed by atoms with E-state index in [-0.39, 0.29) is 11.9 Å². The van der Waals surface area contributed by atoms with Gasteiger partial charge in [0.1, 0.15) is 5.75 Å². The van der Waals surface area contributed by atoms with E-state index in [1.807, 2.05) is 42.5 Å². The molecule has 4 heteroatoms. The lowest BCUT2D eigenvalue weighted by Crippen LogP contribution is -2.47. The molecule has 0 unspecified atom stereocenters. The molecule has 4 rings (SSSR count). The van der Waals surface area contributed by atoms with Crippen molar-refractivity contribution in [1.29, 1.82) is 0 Å². The number of hydrogen-bond donors (Lipinski definition) is 0. The number of hydrogen-bond acceptors (Lipinski definition) is 3. The molecule has 0 radical (unpaired) electrons. The predicted molar refractivity (Wildman–Crippen MR) is 139 cm³/mol. The molecule has 1 aliphatic heterocycles. The number of likely N-dealkylation sites (tertiary alicyclic amines) is 1. The fourth-order valence-corrected chi connectivity index (χ4v) is 4.57. The van der Waals surface area contributed by atoms with E-state index in [1.165, 1.54) is 5.56 Å². The number of rotatable bonds is 9. The van der Waals surface area contributed by atoms with Crippen LogP contribution in [0.3, 0.4) is 0 Å². The maximum absolute atomic E-state index is 13.4. The Morgan fingerprint density at radius 1 is 0.912 bits per heavy atom. The Morgan fingerprint density at radius 2 is 1.56 bits per heavy atom. The fourth-order valence-electron chi connectivity index (χ4n) is 4.57. The highest BCUT2D eigenvalue weighted by Gasteiger charge is 2.27. The van der Waals surface area contributed by atoms with E-state index in [9.17, 15) is 4.79 Å². The van der Waals surface area contributed by atoms with Crippen LogP contribution in [0.1, 0.15) is 29.5 Å². The quantitative estimate of drug-likeness (QED) is 0.431. The minimum Gasteiger partial charge on any atom is -0.497 e. The van der Waals surface area contributed by atoms with Crippen LogP contribution < -0.4 is 4.74 Å². The molecule has 1 amide bonds. The van der Waals surface area contributed by atoms with Crippen molar-refractivity contribution in [1.82, 2.24) is 9.80 Å². The van der Waals surface area contributed by atoms with Gasteiger partial charge in [0.2, 0.25) is 5.91 Å². The molecule has 0 atom stereocenters. The molecule has 0 aromatic heterocycles. The number of methoxy groups -OCH3 is 1. The van der Waals surface area contributed by atoms with Crippen molar-refractivity contribution in [3.8, 4) is 5.75 Å². The first-order chi connectivity index (χ1) is 16.7. The number of ether oxygens (including phenoxy) is 1. The van der Waals surface area contributed by atoms with Crippen LogP contribution in [-0.4, -0.2) is 48.5 Å². The summed E-state index contributed by atoms with van der Waals surface area (Å²) >= 11 is 0. The molecule has 176 valence electrons.